The Labute approximate surface area is 239 Å². The van der Waals surface area contributed by atoms with Crippen LogP contribution in [0.2, 0.25) is 36.3 Å². The van der Waals surface area contributed by atoms with Gasteiger partial charge < -0.3 is 19.3 Å². The molecule has 11 heteroatoms. The topological polar surface area (TPSA) is 97.3 Å². The zero-order chi connectivity index (χ0) is 28.8. The number of nitrogens with zero attached hydrogens (tertiary/aromatic N) is 4. The van der Waals surface area contributed by atoms with Crippen molar-refractivity contribution in [3.63, 3.8) is 0 Å². The molecule has 0 aliphatic carbocycles. The predicted octanol–water partition coefficient (Wildman–Crippen LogP) is 7.35. The maximum atomic E-state index is 7.17. The number of aromatic nitrogens is 4. The van der Waals surface area contributed by atoms with Crippen LogP contribution in [0.15, 0.2) is 59.0 Å². The maximum absolute atomic E-state index is 7.17. The van der Waals surface area contributed by atoms with E-state index in [0.29, 0.717) is 17.0 Å². The van der Waals surface area contributed by atoms with Crippen molar-refractivity contribution in [1.82, 2.24) is 19.5 Å². The molecular formula is C28H43N5O3SSi2. The molecule has 0 spiro atoms. The molecule has 0 radical (unpaired) electrons. The lowest BCUT2D eigenvalue weighted by molar-refractivity contribution is -0.00174. The highest BCUT2D eigenvalue weighted by atomic mass is 32.2. The summed E-state index contributed by atoms with van der Waals surface area (Å²) in [5.74, 6) is 1.09. The van der Waals surface area contributed by atoms with E-state index < -0.39 is 35.1 Å². The molecule has 1 aliphatic rings. The van der Waals surface area contributed by atoms with Crippen LogP contribution in [0.1, 0.15) is 47.8 Å². The lowest BCUT2D eigenvalue weighted by atomic mass is 10.2. The SMILES string of the molecule is CC(C)(C)[Si](C)(C)O[C@@H]1[C@H](O[Si](C)(C)C(C)(C)C)/C(=C\Sc2ccccc2)O[C@H]1n1cnc2c(N)ncnc21. The van der Waals surface area contributed by atoms with Crippen LogP contribution in [-0.4, -0.2) is 48.4 Å². The number of rotatable bonds is 7. The van der Waals surface area contributed by atoms with Crippen LogP contribution in [-0.2, 0) is 13.6 Å². The van der Waals surface area contributed by atoms with Gasteiger partial charge in [0.05, 0.1) is 0 Å². The molecule has 1 aliphatic heterocycles. The minimum atomic E-state index is -2.25. The number of fused-ring (bicyclic) bond motifs is 1. The van der Waals surface area contributed by atoms with Crippen molar-refractivity contribution in [2.75, 3.05) is 5.73 Å². The Bertz CT molecular complexity index is 1330. The van der Waals surface area contributed by atoms with E-state index in [4.69, 9.17) is 19.3 Å². The minimum Gasteiger partial charge on any atom is -0.468 e. The van der Waals surface area contributed by atoms with E-state index in [1.807, 2.05) is 22.8 Å². The quantitative estimate of drug-likeness (QED) is 0.227. The van der Waals surface area contributed by atoms with Crippen LogP contribution in [0.25, 0.3) is 11.2 Å². The van der Waals surface area contributed by atoms with Gasteiger partial charge >= 0.3 is 0 Å². The summed E-state index contributed by atoms with van der Waals surface area (Å²) in [6.07, 6.45) is 1.85. The Morgan fingerprint density at radius 1 is 0.923 bits per heavy atom. The standard InChI is InChI=1S/C28H43N5O3SSi2/c1-27(2,3)38(7,8)35-22-20(16-37-19-14-12-11-13-15-19)34-26(23(22)36-39(9,10)28(4,5)6)33-18-32-21-24(29)30-17-31-25(21)33/h11-18,22-23,26H,1-10H3,(H2,29,30,31)/b20-16+/t22-,23-,26-/m1/s1. The highest BCUT2D eigenvalue weighted by molar-refractivity contribution is 8.02. The van der Waals surface area contributed by atoms with Gasteiger partial charge in [0, 0.05) is 10.3 Å². The molecule has 0 saturated carbocycles. The van der Waals surface area contributed by atoms with E-state index in [9.17, 15) is 0 Å². The third-order valence-corrected chi connectivity index (χ3v) is 18.1. The highest BCUT2D eigenvalue weighted by Gasteiger charge is 2.53. The molecule has 3 heterocycles. The summed E-state index contributed by atoms with van der Waals surface area (Å²) in [4.78, 5) is 14.3. The fraction of sp³-hybridized carbons (Fsp3) is 0.536. The minimum absolute atomic E-state index is 0.00602. The van der Waals surface area contributed by atoms with Crippen molar-refractivity contribution in [2.24, 2.45) is 0 Å². The molecule has 1 aromatic carbocycles. The number of hydrogen-bond donors (Lipinski definition) is 1. The molecule has 1 fully saturated rings. The van der Waals surface area contributed by atoms with Gasteiger partial charge in [0.15, 0.2) is 28.1 Å². The fourth-order valence-corrected chi connectivity index (χ4v) is 7.10. The normalized spacial score (nSPS) is 22.0. The number of thioether (sulfide) groups is 1. The Hall–Kier alpha value is -2.19. The third-order valence-electron chi connectivity index (χ3n) is 8.30. The molecule has 2 N–H and O–H groups in total. The van der Waals surface area contributed by atoms with Gasteiger partial charge in [-0.1, -0.05) is 71.5 Å². The van der Waals surface area contributed by atoms with E-state index in [1.165, 1.54) is 6.33 Å². The largest absolute Gasteiger partial charge is 0.468 e. The van der Waals surface area contributed by atoms with Crippen molar-refractivity contribution in [2.45, 2.75) is 101 Å². The van der Waals surface area contributed by atoms with E-state index in [0.717, 1.165) is 10.7 Å². The number of imidazole rings is 1. The van der Waals surface area contributed by atoms with Crippen LogP contribution < -0.4 is 5.73 Å². The Balaban J connectivity index is 1.85. The summed E-state index contributed by atoms with van der Waals surface area (Å²) in [5.41, 5.74) is 7.29. The van der Waals surface area contributed by atoms with Gasteiger partial charge in [-0.2, -0.15) is 0 Å². The first-order valence-electron chi connectivity index (χ1n) is 13.4. The molecule has 39 heavy (non-hydrogen) atoms. The van der Waals surface area contributed by atoms with Crippen molar-refractivity contribution < 1.29 is 13.6 Å². The predicted molar refractivity (Wildman–Crippen MR) is 164 cm³/mol. The Kier molecular flexibility index (Phi) is 8.14. The molecule has 0 bridgehead atoms. The number of anilines is 1. The second kappa shape index (κ2) is 10.7. The molecule has 0 amide bonds. The smallest absolute Gasteiger partial charge is 0.206 e. The van der Waals surface area contributed by atoms with E-state index >= 15 is 0 Å². The number of benzene rings is 1. The molecule has 3 aromatic rings. The van der Waals surface area contributed by atoms with Crippen LogP contribution >= 0.6 is 11.8 Å². The first kappa shape index (κ1) is 29.8. The third kappa shape index (κ3) is 6.12. The lowest BCUT2D eigenvalue weighted by Crippen LogP contribution is -2.52. The second-order valence-corrected chi connectivity index (χ2v) is 23.6. The fourth-order valence-electron chi connectivity index (χ4n) is 3.83. The molecule has 8 nitrogen and oxygen atoms in total. The van der Waals surface area contributed by atoms with Crippen molar-refractivity contribution in [3.8, 4) is 0 Å². The second-order valence-electron chi connectivity index (χ2n) is 13.2. The van der Waals surface area contributed by atoms with E-state index in [1.54, 1.807) is 18.1 Å². The van der Waals surface area contributed by atoms with Crippen molar-refractivity contribution in [1.29, 1.82) is 0 Å². The van der Waals surface area contributed by atoms with Gasteiger partial charge in [-0.05, 0) is 48.4 Å². The summed E-state index contributed by atoms with van der Waals surface area (Å²) >= 11 is 1.62. The average Bonchev–Trinajstić information content (AvgIpc) is 3.39. The van der Waals surface area contributed by atoms with Crippen LogP contribution in [0.5, 0.6) is 0 Å². The molecule has 0 unspecified atom stereocenters. The molecule has 1 saturated heterocycles. The molecule has 3 atom stereocenters. The summed E-state index contributed by atoms with van der Waals surface area (Å²) in [6.45, 7) is 22.6. The van der Waals surface area contributed by atoms with Gasteiger partial charge in [0.1, 0.15) is 36.1 Å². The monoisotopic (exact) mass is 585 g/mol. The first-order chi connectivity index (χ1) is 18.0. The van der Waals surface area contributed by atoms with Gasteiger partial charge in [-0.3, -0.25) is 4.57 Å². The number of nitrogens with two attached hydrogens (primary N) is 1. The average molecular weight is 586 g/mol. The summed E-state index contributed by atoms with van der Waals surface area (Å²) < 4.78 is 23.0. The number of nitrogen functional groups attached to an aromatic ring is 1. The molecule has 212 valence electrons. The zero-order valence-corrected chi connectivity index (χ0v) is 27.7. The van der Waals surface area contributed by atoms with Crippen LogP contribution in [0, 0.1) is 0 Å². The van der Waals surface area contributed by atoms with Gasteiger partial charge in [0.25, 0.3) is 0 Å². The van der Waals surface area contributed by atoms with E-state index in [2.05, 4.69) is 100 Å². The van der Waals surface area contributed by atoms with Gasteiger partial charge in [-0.25, -0.2) is 15.0 Å². The summed E-state index contributed by atoms with van der Waals surface area (Å²) in [6, 6.07) is 10.3. The van der Waals surface area contributed by atoms with Crippen LogP contribution in [0.3, 0.4) is 0 Å². The number of hydrogen-bond acceptors (Lipinski definition) is 8. The maximum Gasteiger partial charge on any atom is 0.206 e. The summed E-state index contributed by atoms with van der Waals surface area (Å²) in [5, 5.41) is 2.07. The Morgan fingerprint density at radius 2 is 1.54 bits per heavy atom. The van der Waals surface area contributed by atoms with Gasteiger partial charge in [-0.15, -0.1) is 0 Å². The molecular weight excluding hydrogens is 543 g/mol. The van der Waals surface area contributed by atoms with Gasteiger partial charge in [0.2, 0.25) is 6.23 Å². The van der Waals surface area contributed by atoms with Crippen LogP contribution in [0.4, 0.5) is 5.82 Å². The molecule has 4 rings (SSSR count). The van der Waals surface area contributed by atoms with E-state index in [-0.39, 0.29) is 10.1 Å². The molecule has 2 aromatic heterocycles. The first-order valence-corrected chi connectivity index (χ1v) is 20.1. The van der Waals surface area contributed by atoms with Crippen molar-refractivity contribution in [3.05, 3.63) is 54.2 Å². The highest BCUT2D eigenvalue weighted by Crippen LogP contribution is 2.47. The summed E-state index contributed by atoms with van der Waals surface area (Å²) in [7, 11) is -4.48. The Morgan fingerprint density at radius 3 is 2.15 bits per heavy atom. The lowest BCUT2D eigenvalue weighted by Gasteiger charge is -2.43. The zero-order valence-electron chi connectivity index (χ0n) is 24.9. The number of ether oxygens (including phenoxy) is 1. The van der Waals surface area contributed by atoms with Crippen molar-refractivity contribution >= 4 is 45.4 Å².